The molecule has 39 heavy (non-hydrogen) atoms. The SMILES string of the molecule is CC(=O)N1CCN(Cc2cccc(OCCCN3CCCCCC3=O)c2)C[C@@](O)(COc2ccc(C)cc2)C1. The maximum absolute atomic E-state index is 12.2. The van der Waals surface area contributed by atoms with Crippen LogP contribution in [0.25, 0.3) is 0 Å². The highest BCUT2D eigenvalue weighted by Gasteiger charge is 2.37. The number of carbonyl (C=O) groups is 2. The van der Waals surface area contributed by atoms with Crippen molar-refractivity contribution in [2.24, 2.45) is 0 Å². The Labute approximate surface area is 232 Å². The van der Waals surface area contributed by atoms with E-state index in [4.69, 9.17) is 9.47 Å². The first-order chi connectivity index (χ1) is 18.8. The Morgan fingerprint density at radius 3 is 2.59 bits per heavy atom. The Bertz CT molecular complexity index is 1090. The molecule has 1 atom stereocenters. The molecule has 1 N–H and O–H groups in total. The van der Waals surface area contributed by atoms with Crippen LogP contribution in [0.3, 0.4) is 0 Å². The number of ether oxygens (including phenoxy) is 2. The zero-order valence-electron chi connectivity index (χ0n) is 23.4. The third-order valence-electron chi connectivity index (χ3n) is 7.48. The van der Waals surface area contributed by atoms with Crippen LogP contribution in [-0.4, -0.2) is 89.7 Å². The average Bonchev–Trinajstić information content (AvgIpc) is 3.22. The smallest absolute Gasteiger partial charge is 0.222 e. The number of β-amino-alcohol motifs (C(OH)–C–C–N with tert-alkyl or cyclic N) is 1. The quantitative estimate of drug-likeness (QED) is 0.466. The molecule has 2 aromatic rings. The van der Waals surface area contributed by atoms with Gasteiger partial charge in [-0.2, -0.15) is 0 Å². The maximum Gasteiger partial charge on any atom is 0.222 e. The van der Waals surface area contributed by atoms with E-state index in [-0.39, 0.29) is 25.0 Å². The fourth-order valence-corrected chi connectivity index (χ4v) is 5.30. The number of carbonyl (C=O) groups excluding carboxylic acids is 2. The van der Waals surface area contributed by atoms with E-state index in [1.54, 1.807) is 11.8 Å². The Hall–Kier alpha value is -3.10. The number of aryl methyl sites for hydroxylation is 1. The van der Waals surface area contributed by atoms with Gasteiger partial charge in [0.05, 0.1) is 13.2 Å². The lowest BCUT2D eigenvalue weighted by Crippen LogP contribution is -2.51. The minimum absolute atomic E-state index is 0.0529. The van der Waals surface area contributed by atoms with Gasteiger partial charge in [0.25, 0.3) is 0 Å². The van der Waals surface area contributed by atoms with Gasteiger partial charge in [-0.05, 0) is 56.0 Å². The van der Waals surface area contributed by atoms with Gasteiger partial charge >= 0.3 is 0 Å². The highest BCUT2D eigenvalue weighted by molar-refractivity contribution is 5.76. The summed E-state index contributed by atoms with van der Waals surface area (Å²) in [5.41, 5.74) is 1.02. The van der Waals surface area contributed by atoms with Crippen molar-refractivity contribution >= 4 is 11.8 Å². The number of aliphatic hydroxyl groups is 1. The summed E-state index contributed by atoms with van der Waals surface area (Å²) in [6.07, 6.45) is 4.68. The van der Waals surface area contributed by atoms with Crippen LogP contribution in [0, 0.1) is 6.92 Å². The van der Waals surface area contributed by atoms with Crippen LogP contribution in [-0.2, 0) is 16.1 Å². The summed E-state index contributed by atoms with van der Waals surface area (Å²) in [6, 6.07) is 15.8. The van der Waals surface area contributed by atoms with Crippen LogP contribution in [0.4, 0.5) is 0 Å². The second kappa shape index (κ2) is 13.8. The molecule has 2 amide bonds. The number of hydrogen-bond acceptors (Lipinski definition) is 6. The average molecular weight is 538 g/mol. The summed E-state index contributed by atoms with van der Waals surface area (Å²) in [5, 5.41) is 11.6. The Morgan fingerprint density at radius 1 is 0.974 bits per heavy atom. The van der Waals surface area contributed by atoms with Gasteiger partial charge in [-0.25, -0.2) is 0 Å². The van der Waals surface area contributed by atoms with Crippen molar-refractivity contribution in [3.8, 4) is 11.5 Å². The molecule has 8 heteroatoms. The van der Waals surface area contributed by atoms with E-state index in [0.717, 1.165) is 55.6 Å². The second-order valence-corrected chi connectivity index (χ2v) is 11.0. The Balaban J connectivity index is 1.32. The summed E-state index contributed by atoms with van der Waals surface area (Å²) >= 11 is 0. The number of hydrogen-bond donors (Lipinski definition) is 1. The van der Waals surface area contributed by atoms with E-state index >= 15 is 0 Å². The van der Waals surface area contributed by atoms with Gasteiger partial charge in [-0.15, -0.1) is 0 Å². The van der Waals surface area contributed by atoms with Crippen LogP contribution >= 0.6 is 0 Å². The van der Waals surface area contributed by atoms with Crippen molar-refractivity contribution in [1.82, 2.24) is 14.7 Å². The highest BCUT2D eigenvalue weighted by atomic mass is 16.5. The van der Waals surface area contributed by atoms with Crippen molar-refractivity contribution < 1.29 is 24.2 Å². The molecule has 0 spiro atoms. The van der Waals surface area contributed by atoms with Crippen molar-refractivity contribution in [2.75, 3.05) is 52.5 Å². The zero-order valence-corrected chi connectivity index (χ0v) is 23.4. The lowest BCUT2D eigenvalue weighted by molar-refractivity contribution is -0.132. The highest BCUT2D eigenvalue weighted by Crippen LogP contribution is 2.22. The second-order valence-electron chi connectivity index (χ2n) is 11.0. The van der Waals surface area contributed by atoms with Gasteiger partial charge in [0, 0.05) is 52.6 Å². The fraction of sp³-hybridized carbons (Fsp3) is 0.548. The van der Waals surface area contributed by atoms with Gasteiger partial charge in [0.15, 0.2) is 0 Å². The molecule has 2 saturated heterocycles. The van der Waals surface area contributed by atoms with E-state index in [1.165, 1.54) is 0 Å². The lowest BCUT2D eigenvalue weighted by atomic mass is 10.0. The minimum atomic E-state index is -1.20. The molecule has 2 aromatic carbocycles. The topological polar surface area (TPSA) is 82.6 Å². The molecule has 2 aliphatic rings. The Kier molecular flexibility index (Phi) is 10.2. The van der Waals surface area contributed by atoms with Crippen LogP contribution < -0.4 is 9.47 Å². The first-order valence-electron chi connectivity index (χ1n) is 14.2. The largest absolute Gasteiger partial charge is 0.494 e. The number of amides is 2. The number of rotatable bonds is 10. The Morgan fingerprint density at radius 2 is 1.79 bits per heavy atom. The van der Waals surface area contributed by atoms with Crippen LogP contribution in [0.1, 0.15) is 50.2 Å². The molecule has 0 saturated carbocycles. The maximum atomic E-state index is 12.2. The summed E-state index contributed by atoms with van der Waals surface area (Å²) in [5.74, 6) is 1.71. The molecule has 0 aromatic heterocycles. The molecule has 2 fully saturated rings. The molecule has 2 aliphatic heterocycles. The van der Waals surface area contributed by atoms with Gasteiger partial charge in [0.2, 0.25) is 11.8 Å². The van der Waals surface area contributed by atoms with Crippen molar-refractivity contribution in [3.05, 3.63) is 59.7 Å². The molecular weight excluding hydrogens is 494 g/mol. The first-order valence-corrected chi connectivity index (χ1v) is 14.2. The van der Waals surface area contributed by atoms with Crippen molar-refractivity contribution in [3.63, 3.8) is 0 Å². The van der Waals surface area contributed by atoms with Crippen LogP contribution in [0.15, 0.2) is 48.5 Å². The number of nitrogens with zero attached hydrogens (tertiary/aromatic N) is 3. The zero-order chi connectivity index (χ0) is 27.7. The van der Waals surface area contributed by atoms with Crippen molar-refractivity contribution in [1.29, 1.82) is 0 Å². The summed E-state index contributed by atoms with van der Waals surface area (Å²) < 4.78 is 12.0. The fourth-order valence-electron chi connectivity index (χ4n) is 5.30. The lowest BCUT2D eigenvalue weighted by Gasteiger charge is -2.32. The molecule has 8 nitrogen and oxygen atoms in total. The third-order valence-corrected chi connectivity index (χ3v) is 7.48. The molecule has 212 valence electrons. The first kappa shape index (κ1) is 28.9. The molecule has 0 radical (unpaired) electrons. The monoisotopic (exact) mass is 537 g/mol. The van der Waals surface area contributed by atoms with Gasteiger partial charge in [0.1, 0.15) is 23.7 Å². The van der Waals surface area contributed by atoms with Crippen molar-refractivity contribution in [2.45, 2.75) is 58.1 Å². The molecule has 0 unspecified atom stereocenters. The van der Waals surface area contributed by atoms with Crippen LogP contribution in [0.2, 0.25) is 0 Å². The molecule has 0 aliphatic carbocycles. The number of likely N-dealkylation sites (tertiary alicyclic amines) is 1. The predicted molar refractivity (Wildman–Crippen MR) is 151 cm³/mol. The third kappa shape index (κ3) is 8.97. The van der Waals surface area contributed by atoms with E-state index in [2.05, 4.69) is 11.0 Å². The molecule has 4 rings (SSSR count). The number of benzene rings is 2. The molecular formula is C31H43N3O5. The summed E-state index contributed by atoms with van der Waals surface area (Å²) in [6.45, 7) is 8.25. The summed E-state index contributed by atoms with van der Waals surface area (Å²) in [4.78, 5) is 30.3. The van der Waals surface area contributed by atoms with Gasteiger partial charge in [-0.3, -0.25) is 14.5 Å². The van der Waals surface area contributed by atoms with Gasteiger partial charge < -0.3 is 24.4 Å². The normalized spacial score (nSPS) is 20.8. The minimum Gasteiger partial charge on any atom is -0.494 e. The van der Waals surface area contributed by atoms with E-state index in [0.29, 0.717) is 45.0 Å². The summed E-state index contributed by atoms with van der Waals surface area (Å²) in [7, 11) is 0. The molecule has 0 bridgehead atoms. The van der Waals surface area contributed by atoms with Gasteiger partial charge in [-0.1, -0.05) is 36.2 Å². The predicted octanol–water partition coefficient (Wildman–Crippen LogP) is 3.64. The van der Waals surface area contributed by atoms with Crippen LogP contribution in [0.5, 0.6) is 11.5 Å². The van der Waals surface area contributed by atoms with E-state index in [1.807, 2.05) is 54.3 Å². The molecule has 2 heterocycles. The van der Waals surface area contributed by atoms with E-state index in [9.17, 15) is 14.7 Å². The standard InChI is InChI=1S/C31H43N3O5/c1-25-11-13-28(14-12-25)39-24-31(37)22-32(17-18-34(23-31)26(2)35)21-27-8-6-9-29(20-27)38-19-7-16-33-15-5-3-4-10-30(33)36/h6,8-9,11-14,20,37H,3-5,7,10,15-19,21-24H2,1-2H3/t31-/m0/s1. The van der Waals surface area contributed by atoms with E-state index < -0.39 is 5.60 Å².